The van der Waals surface area contributed by atoms with Gasteiger partial charge in [0.15, 0.2) is 0 Å². The van der Waals surface area contributed by atoms with Gasteiger partial charge in [0.1, 0.15) is 0 Å². The summed E-state index contributed by atoms with van der Waals surface area (Å²) >= 11 is -2.55. The molecule has 0 saturated heterocycles. The van der Waals surface area contributed by atoms with E-state index in [-0.39, 0.29) is 11.9 Å². The maximum absolute atomic E-state index is 12.4. The van der Waals surface area contributed by atoms with Gasteiger partial charge in [-0.05, 0) is 0 Å². The van der Waals surface area contributed by atoms with Crippen molar-refractivity contribution in [2.24, 2.45) is 0 Å². The molecule has 244 valence electrons. The van der Waals surface area contributed by atoms with Gasteiger partial charge in [0.2, 0.25) is 0 Å². The van der Waals surface area contributed by atoms with Gasteiger partial charge in [-0.15, -0.1) is 0 Å². The van der Waals surface area contributed by atoms with Crippen LogP contribution in [0.25, 0.3) is 0 Å². The molecule has 0 aromatic carbocycles. The molecular weight excluding hydrogens is 615 g/mol. The van der Waals surface area contributed by atoms with E-state index in [2.05, 4.69) is 27.7 Å². The zero-order valence-electron chi connectivity index (χ0n) is 28.3. The first-order valence-corrected chi connectivity index (χ1v) is 26.4. The fraction of sp³-hybridized carbons (Fsp3) is 0.944. The van der Waals surface area contributed by atoms with Crippen LogP contribution in [0.5, 0.6) is 0 Å². The van der Waals surface area contributed by atoms with Gasteiger partial charge in [0.25, 0.3) is 0 Å². The number of carbonyl (C=O) groups excluding carboxylic acids is 2. The van der Waals surface area contributed by atoms with Crippen LogP contribution < -0.4 is 0 Å². The van der Waals surface area contributed by atoms with Crippen molar-refractivity contribution in [3.8, 4) is 0 Å². The second-order valence-electron chi connectivity index (χ2n) is 12.8. The molecule has 0 N–H and O–H groups in total. The van der Waals surface area contributed by atoms with Crippen molar-refractivity contribution in [2.75, 3.05) is 13.2 Å². The first-order chi connectivity index (χ1) is 20.0. The van der Waals surface area contributed by atoms with Crippen LogP contribution in [0.4, 0.5) is 0 Å². The van der Waals surface area contributed by atoms with Crippen molar-refractivity contribution < 1.29 is 19.1 Å². The Balaban J connectivity index is 4.32. The van der Waals surface area contributed by atoms with Gasteiger partial charge in [0.05, 0.1) is 0 Å². The smallest absolute Gasteiger partial charge is 0.0654 e. The summed E-state index contributed by atoms with van der Waals surface area (Å²) in [6, 6.07) is 0. The minimum atomic E-state index is -2.55. The average Bonchev–Trinajstić information content (AvgIpc) is 2.97. The Kier molecular flexibility index (Phi) is 31.0. The zero-order valence-corrected chi connectivity index (χ0v) is 31.2. The number of esters is 2. The molecule has 4 nitrogen and oxygen atoms in total. The second-order valence-corrected chi connectivity index (χ2v) is 27.1. The standard InChI is InChI=1S/2C14H27O2.2C4H9.Sn/c2*1-3-5-6-7-8-9-10-11-12-13-14(15)16-4-2;2*1-3-4-2;/h2*2-13H2,1H3;2*1,3-4H2,2H3;. The van der Waals surface area contributed by atoms with Crippen molar-refractivity contribution in [1.29, 1.82) is 0 Å². The van der Waals surface area contributed by atoms with Gasteiger partial charge < -0.3 is 0 Å². The molecule has 0 aliphatic heterocycles. The van der Waals surface area contributed by atoms with E-state index < -0.39 is 18.4 Å². The summed E-state index contributed by atoms with van der Waals surface area (Å²) in [6.45, 7) is 10.2. The topological polar surface area (TPSA) is 52.6 Å². The molecular formula is C36H72O4Sn. The van der Waals surface area contributed by atoms with Gasteiger partial charge >= 0.3 is 223 Å². The number of ether oxygens (including phenoxy) is 2. The summed E-state index contributed by atoms with van der Waals surface area (Å²) in [5.41, 5.74) is 0. The second kappa shape index (κ2) is 31.2. The van der Waals surface area contributed by atoms with Gasteiger partial charge in [-0.3, -0.25) is 0 Å². The summed E-state index contributed by atoms with van der Waals surface area (Å²) in [4.78, 5) is 24.8. The third-order valence-electron chi connectivity index (χ3n) is 8.88. The van der Waals surface area contributed by atoms with Gasteiger partial charge in [-0.2, -0.15) is 0 Å². The molecule has 0 radical (unpaired) electrons. The molecule has 0 amide bonds. The first kappa shape index (κ1) is 40.7. The Morgan fingerprint density at radius 2 is 0.683 bits per heavy atom. The van der Waals surface area contributed by atoms with Crippen molar-refractivity contribution >= 4 is 30.3 Å². The fourth-order valence-electron chi connectivity index (χ4n) is 5.92. The molecule has 0 spiro atoms. The molecule has 0 heterocycles. The van der Waals surface area contributed by atoms with Crippen LogP contribution in [-0.2, 0) is 19.1 Å². The molecule has 0 rings (SSSR count). The summed E-state index contributed by atoms with van der Waals surface area (Å²) in [6.07, 6.45) is 28.8. The quantitative estimate of drug-likeness (QED) is 0.0401. The van der Waals surface area contributed by atoms with Crippen molar-refractivity contribution in [1.82, 2.24) is 0 Å². The molecule has 0 saturated carbocycles. The Hall–Kier alpha value is -0.261. The molecule has 41 heavy (non-hydrogen) atoms. The molecule has 5 heteroatoms. The molecule has 0 aromatic heterocycles. The Morgan fingerprint density at radius 3 is 1.00 bits per heavy atom. The van der Waals surface area contributed by atoms with Gasteiger partial charge in [-0.1, -0.05) is 39.5 Å². The average molecular weight is 688 g/mol. The van der Waals surface area contributed by atoms with Gasteiger partial charge in [0, 0.05) is 0 Å². The Bertz CT molecular complexity index is 530. The monoisotopic (exact) mass is 688 g/mol. The summed E-state index contributed by atoms with van der Waals surface area (Å²) in [5.74, 6) is -0.0157. The van der Waals surface area contributed by atoms with Crippen molar-refractivity contribution in [2.45, 2.75) is 200 Å². The van der Waals surface area contributed by atoms with Crippen molar-refractivity contribution in [3.05, 3.63) is 0 Å². The summed E-state index contributed by atoms with van der Waals surface area (Å²) in [7, 11) is 0. The van der Waals surface area contributed by atoms with E-state index in [0.717, 1.165) is 34.6 Å². The number of carbonyl (C=O) groups is 2. The summed E-state index contributed by atoms with van der Waals surface area (Å²) in [5, 5.41) is 0. The van der Waals surface area contributed by atoms with E-state index in [4.69, 9.17) is 9.47 Å². The molecule has 0 unspecified atom stereocenters. The molecule has 0 fully saturated rings. The van der Waals surface area contributed by atoms with E-state index >= 15 is 0 Å². The van der Waals surface area contributed by atoms with E-state index in [9.17, 15) is 9.59 Å². The minimum Gasteiger partial charge on any atom is -0.0654 e. The van der Waals surface area contributed by atoms with Crippen LogP contribution in [0.2, 0.25) is 17.7 Å². The maximum atomic E-state index is 12.4. The van der Waals surface area contributed by atoms with E-state index in [1.54, 1.807) is 0 Å². The van der Waals surface area contributed by atoms with E-state index in [0.29, 0.717) is 26.1 Å². The third kappa shape index (κ3) is 27.1. The molecule has 0 aliphatic carbocycles. The normalized spacial score (nSPS) is 11.6. The van der Waals surface area contributed by atoms with E-state index in [1.165, 1.54) is 124 Å². The summed E-state index contributed by atoms with van der Waals surface area (Å²) < 4.78 is 16.4. The Morgan fingerprint density at radius 1 is 0.390 bits per heavy atom. The molecule has 0 aliphatic rings. The van der Waals surface area contributed by atoms with Crippen LogP contribution in [0, 0.1) is 0 Å². The zero-order chi connectivity index (χ0) is 30.3. The number of hydrogen-bond donors (Lipinski definition) is 0. The van der Waals surface area contributed by atoms with Gasteiger partial charge in [-0.25, -0.2) is 0 Å². The van der Waals surface area contributed by atoms with Crippen LogP contribution in [0.15, 0.2) is 0 Å². The first-order valence-electron chi connectivity index (χ1n) is 18.3. The van der Waals surface area contributed by atoms with Crippen LogP contribution >= 0.6 is 0 Å². The third-order valence-corrected chi connectivity index (χ3v) is 24.2. The molecule has 0 atom stereocenters. The fourth-order valence-corrected chi connectivity index (χ4v) is 19.6. The van der Waals surface area contributed by atoms with Crippen LogP contribution in [-0.4, -0.2) is 43.5 Å². The number of unbranched alkanes of at least 4 members (excludes halogenated alkanes) is 18. The number of rotatable bonds is 32. The predicted molar refractivity (Wildman–Crippen MR) is 180 cm³/mol. The minimum absolute atomic E-state index is 0.00787. The number of hydrogen-bond acceptors (Lipinski definition) is 4. The van der Waals surface area contributed by atoms with Crippen LogP contribution in [0.1, 0.15) is 182 Å². The SMILES string of the molecule is CCCCCCCCCCCC(=O)OC[CH2][Sn]([CH2]CCC)([CH2]CCC)[CH2]COC(=O)CCCCCCCCCCC. The predicted octanol–water partition coefficient (Wildman–Crippen LogP) is 12.0. The van der Waals surface area contributed by atoms with Crippen LogP contribution in [0.3, 0.4) is 0 Å². The van der Waals surface area contributed by atoms with Crippen molar-refractivity contribution in [3.63, 3.8) is 0 Å². The van der Waals surface area contributed by atoms with E-state index in [1.807, 2.05) is 0 Å². The Labute approximate surface area is 261 Å². The molecule has 0 aromatic rings. The molecule has 0 bridgehead atoms.